The normalized spacial score (nSPS) is 19.0. The fourth-order valence-corrected chi connectivity index (χ4v) is 5.44. The average Bonchev–Trinajstić information content (AvgIpc) is 3.06. The fourth-order valence-electron chi connectivity index (χ4n) is 4.24. The summed E-state index contributed by atoms with van der Waals surface area (Å²) in [7, 11) is 0. The van der Waals surface area contributed by atoms with Crippen LogP contribution in [0.15, 0.2) is 17.2 Å². The number of piperidine rings is 1. The number of nitrogens with zero attached hydrogens (tertiary/aromatic N) is 4. The molecule has 1 saturated heterocycles. The van der Waals surface area contributed by atoms with Crippen molar-refractivity contribution in [2.24, 2.45) is 5.92 Å². The zero-order valence-electron chi connectivity index (χ0n) is 17.4. The molecule has 0 saturated carbocycles. The van der Waals surface area contributed by atoms with Gasteiger partial charge in [0, 0.05) is 22.9 Å². The Bertz CT molecular complexity index is 848. The van der Waals surface area contributed by atoms with E-state index in [1.165, 1.54) is 41.3 Å². The predicted molar refractivity (Wildman–Crippen MR) is 114 cm³/mol. The first-order valence-electron chi connectivity index (χ1n) is 10.7. The highest BCUT2D eigenvalue weighted by Crippen LogP contribution is 2.28. The van der Waals surface area contributed by atoms with Crippen LogP contribution in [-0.2, 0) is 31.3 Å². The Morgan fingerprint density at radius 1 is 1.18 bits per heavy atom. The number of thiazole rings is 1. The highest BCUT2D eigenvalue weighted by atomic mass is 32.1. The number of fused-ring (bicyclic) bond motifs is 1. The van der Waals surface area contributed by atoms with Crippen molar-refractivity contribution in [3.63, 3.8) is 0 Å². The van der Waals surface area contributed by atoms with Gasteiger partial charge < -0.3 is 0 Å². The number of rotatable bonds is 4. The van der Waals surface area contributed by atoms with Crippen LogP contribution in [-0.4, -0.2) is 32.5 Å². The molecule has 0 unspecified atom stereocenters. The van der Waals surface area contributed by atoms with Gasteiger partial charge in [0.05, 0.1) is 24.3 Å². The lowest BCUT2D eigenvalue weighted by Gasteiger charge is -2.31. The van der Waals surface area contributed by atoms with E-state index < -0.39 is 0 Å². The van der Waals surface area contributed by atoms with Gasteiger partial charge in [0.15, 0.2) is 0 Å². The predicted octanol–water partition coefficient (Wildman–Crippen LogP) is 3.79. The topological polar surface area (TPSA) is 51.0 Å². The summed E-state index contributed by atoms with van der Waals surface area (Å²) in [6.45, 7) is 10.2. The first-order valence-corrected chi connectivity index (χ1v) is 11.5. The highest BCUT2D eigenvalue weighted by molar-refractivity contribution is 7.11. The van der Waals surface area contributed by atoms with Crippen LogP contribution in [0.25, 0.3) is 0 Å². The molecule has 2 aliphatic rings. The van der Waals surface area contributed by atoms with Gasteiger partial charge in [-0.1, -0.05) is 20.8 Å². The molecule has 4 rings (SSSR count). The largest absolute Gasteiger partial charge is 0.299 e. The lowest BCUT2D eigenvalue weighted by atomic mass is 9.92. The van der Waals surface area contributed by atoms with Crippen molar-refractivity contribution < 1.29 is 0 Å². The van der Waals surface area contributed by atoms with E-state index in [4.69, 9.17) is 4.98 Å². The second-order valence-corrected chi connectivity index (χ2v) is 10.6. The molecule has 1 aliphatic heterocycles. The van der Waals surface area contributed by atoms with Crippen LogP contribution in [0.3, 0.4) is 0 Å². The van der Waals surface area contributed by atoms with Crippen LogP contribution >= 0.6 is 11.3 Å². The summed E-state index contributed by atoms with van der Waals surface area (Å²) >= 11 is 1.93. The maximum absolute atomic E-state index is 12.5. The van der Waals surface area contributed by atoms with Crippen LogP contribution in [0, 0.1) is 5.92 Å². The maximum Gasteiger partial charge on any atom is 0.253 e. The quantitative estimate of drug-likeness (QED) is 0.784. The highest BCUT2D eigenvalue weighted by Gasteiger charge is 2.23. The van der Waals surface area contributed by atoms with Gasteiger partial charge in [0.1, 0.15) is 5.01 Å². The van der Waals surface area contributed by atoms with Gasteiger partial charge in [-0.3, -0.25) is 14.3 Å². The van der Waals surface area contributed by atoms with Crippen LogP contribution in [0.2, 0.25) is 0 Å². The second-order valence-electron chi connectivity index (χ2n) is 9.42. The summed E-state index contributed by atoms with van der Waals surface area (Å²) in [5.41, 5.74) is 2.23. The SMILES string of the molecule is CC(C)(C)c1cc(=O)n(CC2CCN(Cc3nc4c(s3)CCCC4)CC2)cn1. The van der Waals surface area contributed by atoms with Crippen molar-refractivity contribution >= 4 is 11.3 Å². The third-order valence-corrected chi connectivity index (χ3v) is 7.20. The maximum atomic E-state index is 12.5. The van der Waals surface area contributed by atoms with Crippen molar-refractivity contribution in [2.75, 3.05) is 13.1 Å². The molecule has 6 heteroatoms. The molecule has 5 nitrogen and oxygen atoms in total. The van der Waals surface area contributed by atoms with E-state index >= 15 is 0 Å². The smallest absolute Gasteiger partial charge is 0.253 e. The fraction of sp³-hybridized carbons (Fsp3) is 0.682. The van der Waals surface area contributed by atoms with Crippen molar-refractivity contribution in [1.82, 2.24) is 19.4 Å². The Balaban J connectivity index is 1.31. The standard InChI is InChI=1S/C22H32N4OS/c1-22(2,3)19-12-21(27)26(15-23-19)13-16-8-10-25(11-9-16)14-20-24-17-6-4-5-7-18(17)28-20/h12,15-16H,4-11,13-14H2,1-3H3. The van der Waals surface area contributed by atoms with Gasteiger partial charge in [0.2, 0.25) is 0 Å². The van der Waals surface area contributed by atoms with Crippen LogP contribution in [0.5, 0.6) is 0 Å². The molecular weight excluding hydrogens is 368 g/mol. The van der Waals surface area contributed by atoms with Crippen LogP contribution < -0.4 is 5.56 Å². The minimum absolute atomic E-state index is 0.0794. The van der Waals surface area contributed by atoms with E-state index in [2.05, 4.69) is 30.7 Å². The Kier molecular flexibility index (Phi) is 5.70. The van der Waals surface area contributed by atoms with Crippen molar-refractivity contribution in [3.05, 3.63) is 44.0 Å². The summed E-state index contributed by atoms with van der Waals surface area (Å²) in [4.78, 5) is 25.9. The summed E-state index contributed by atoms with van der Waals surface area (Å²) < 4.78 is 1.80. The molecule has 3 heterocycles. The third-order valence-electron chi connectivity index (χ3n) is 6.06. The summed E-state index contributed by atoms with van der Waals surface area (Å²) in [5.74, 6) is 0.556. The van der Waals surface area contributed by atoms with E-state index in [1.54, 1.807) is 17.0 Å². The minimum atomic E-state index is -0.0847. The Morgan fingerprint density at radius 2 is 1.93 bits per heavy atom. The molecule has 0 atom stereocenters. The Morgan fingerprint density at radius 3 is 2.61 bits per heavy atom. The molecule has 1 fully saturated rings. The second kappa shape index (κ2) is 8.07. The lowest BCUT2D eigenvalue weighted by molar-refractivity contribution is 0.166. The molecule has 0 aromatic carbocycles. The Hall–Kier alpha value is -1.53. The summed E-state index contributed by atoms with van der Waals surface area (Å²) in [6.07, 6.45) is 9.04. The van der Waals surface area contributed by atoms with Crippen LogP contribution in [0.4, 0.5) is 0 Å². The zero-order chi connectivity index (χ0) is 19.7. The molecule has 2 aromatic heterocycles. The minimum Gasteiger partial charge on any atom is -0.299 e. The van der Waals surface area contributed by atoms with Gasteiger partial charge in [-0.25, -0.2) is 9.97 Å². The van der Waals surface area contributed by atoms with Crippen molar-refractivity contribution in [1.29, 1.82) is 0 Å². The lowest BCUT2D eigenvalue weighted by Crippen LogP contribution is -2.36. The summed E-state index contributed by atoms with van der Waals surface area (Å²) in [5, 5.41) is 1.29. The van der Waals surface area contributed by atoms with E-state index in [9.17, 15) is 4.79 Å². The molecule has 0 N–H and O–H groups in total. The molecule has 0 radical (unpaired) electrons. The molecule has 0 amide bonds. The Labute approximate surface area is 171 Å². The van der Waals surface area contributed by atoms with E-state index in [-0.39, 0.29) is 11.0 Å². The first-order chi connectivity index (χ1) is 13.4. The van der Waals surface area contributed by atoms with Crippen molar-refractivity contribution in [3.8, 4) is 0 Å². The molecule has 2 aromatic rings. The molecule has 152 valence electrons. The average molecular weight is 401 g/mol. The van der Waals surface area contributed by atoms with Gasteiger partial charge in [0.25, 0.3) is 5.56 Å². The van der Waals surface area contributed by atoms with E-state index in [1.807, 2.05) is 11.3 Å². The molecule has 0 spiro atoms. The molecular formula is C22H32N4OS. The van der Waals surface area contributed by atoms with Gasteiger partial charge in [-0.05, 0) is 57.5 Å². The number of aromatic nitrogens is 3. The number of aryl methyl sites for hydroxylation is 2. The zero-order valence-corrected chi connectivity index (χ0v) is 18.2. The molecule has 0 bridgehead atoms. The van der Waals surface area contributed by atoms with Crippen molar-refractivity contribution in [2.45, 2.75) is 77.8 Å². The number of hydrogen-bond acceptors (Lipinski definition) is 5. The van der Waals surface area contributed by atoms with Gasteiger partial charge in [-0.2, -0.15) is 0 Å². The van der Waals surface area contributed by atoms with E-state index in [0.29, 0.717) is 5.92 Å². The van der Waals surface area contributed by atoms with Gasteiger partial charge >= 0.3 is 0 Å². The summed E-state index contributed by atoms with van der Waals surface area (Å²) in [6, 6.07) is 1.71. The van der Waals surface area contributed by atoms with E-state index in [0.717, 1.165) is 44.7 Å². The number of hydrogen-bond donors (Lipinski definition) is 0. The molecule has 28 heavy (non-hydrogen) atoms. The third kappa shape index (κ3) is 4.54. The first kappa shape index (κ1) is 19.8. The number of likely N-dealkylation sites (tertiary alicyclic amines) is 1. The monoisotopic (exact) mass is 400 g/mol. The molecule has 1 aliphatic carbocycles. The van der Waals surface area contributed by atoms with Crippen LogP contribution in [0.1, 0.15) is 67.7 Å². The van der Waals surface area contributed by atoms with Gasteiger partial charge in [-0.15, -0.1) is 11.3 Å².